The highest BCUT2D eigenvalue weighted by Gasteiger charge is 2.28. The first-order valence-electron chi connectivity index (χ1n) is 21.6. The Hall–Kier alpha value is -7.02. The van der Waals surface area contributed by atoms with Crippen molar-refractivity contribution >= 4 is 155 Å². The molecule has 0 unspecified atom stereocenters. The summed E-state index contributed by atoms with van der Waals surface area (Å²) >= 11 is 1.81. The van der Waals surface area contributed by atoms with Gasteiger partial charge in [-0.25, -0.2) is 15.0 Å². The van der Waals surface area contributed by atoms with Crippen LogP contribution in [0.15, 0.2) is 152 Å². The van der Waals surface area contributed by atoms with E-state index in [-0.39, 0.29) is 0 Å². The highest BCUT2D eigenvalue weighted by Crippen LogP contribution is 2.45. The van der Waals surface area contributed by atoms with Gasteiger partial charge in [0.1, 0.15) is 47.1 Å². The molecule has 0 amide bonds. The molecule has 8 aromatic carbocycles. The molecule has 0 aliphatic rings. The molecule has 4 aromatic heterocycles. The van der Waals surface area contributed by atoms with Crippen LogP contribution in [0.1, 0.15) is 0 Å². The molecule has 4 heterocycles. The summed E-state index contributed by atoms with van der Waals surface area (Å²) in [5.41, 5.74) is 17.9. The normalized spacial score (nSPS) is 11.9. The molecule has 0 saturated heterocycles. The number of thiophene rings is 1. The molecule has 0 atom stereocenters. The topological polar surface area (TPSA) is 48.5 Å². The third kappa shape index (κ3) is 5.67. The quantitative estimate of drug-likeness (QED) is 0.252. The first kappa shape index (κ1) is 37.7. The van der Waals surface area contributed by atoms with E-state index in [9.17, 15) is 0 Å². The SMILES string of the molecule is Bc1cc(B)c2c(c1)c1c(B)c(B)c3c4cc(B)cc(B)c4n(-c4cccc5sc6c(-c7nc(-c8ccccc8)nc(-c8ccccc8)n7)cccc6c45)c3c1n2-c1ccccc1. The number of fused-ring (bicyclic) bond motifs is 10. The van der Waals surface area contributed by atoms with Crippen molar-refractivity contribution in [2.45, 2.75) is 0 Å². The van der Waals surface area contributed by atoms with Crippen LogP contribution in [0.2, 0.25) is 0 Å². The number of aromatic nitrogens is 5. The maximum atomic E-state index is 5.19. The van der Waals surface area contributed by atoms with Crippen molar-refractivity contribution in [3.05, 3.63) is 152 Å². The Kier molecular flexibility index (Phi) is 8.54. The van der Waals surface area contributed by atoms with Crippen molar-refractivity contribution in [3.8, 4) is 45.5 Å². The molecule has 0 bridgehead atoms. The van der Waals surface area contributed by atoms with Crippen LogP contribution in [-0.2, 0) is 0 Å². The first-order chi connectivity index (χ1) is 30.7. The summed E-state index contributed by atoms with van der Waals surface area (Å²) in [6, 6.07) is 54.3. The van der Waals surface area contributed by atoms with Gasteiger partial charge in [0, 0.05) is 75.1 Å². The number of hydrogen-bond acceptors (Lipinski definition) is 4. The van der Waals surface area contributed by atoms with Gasteiger partial charge in [-0.3, -0.25) is 0 Å². The summed E-state index contributed by atoms with van der Waals surface area (Å²) in [5, 5.41) is 7.60. The van der Waals surface area contributed by atoms with Crippen LogP contribution < -0.4 is 32.8 Å². The van der Waals surface area contributed by atoms with Gasteiger partial charge >= 0.3 is 0 Å². The van der Waals surface area contributed by atoms with Gasteiger partial charge in [0.2, 0.25) is 0 Å². The van der Waals surface area contributed by atoms with Crippen molar-refractivity contribution in [1.29, 1.82) is 0 Å². The number of rotatable bonds is 5. The number of benzene rings is 8. The summed E-state index contributed by atoms with van der Waals surface area (Å²) in [6.07, 6.45) is 0. The van der Waals surface area contributed by atoms with Crippen LogP contribution in [0.25, 0.3) is 109 Å². The molecule has 0 spiro atoms. The lowest BCUT2D eigenvalue weighted by Gasteiger charge is -2.16. The van der Waals surface area contributed by atoms with Crippen LogP contribution in [0.4, 0.5) is 0 Å². The molecule has 12 aromatic rings. The number of nitrogens with zero attached hydrogens (tertiary/aromatic N) is 5. The largest absolute Gasteiger partial charge is 0.308 e. The molecule has 0 saturated carbocycles. The predicted octanol–water partition coefficient (Wildman–Crippen LogP) is 2.99. The lowest BCUT2D eigenvalue weighted by Crippen LogP contribution is -2.27. The average molecular weight is 817 g/mol. The summed E-state index contributed by atoms with van der Waals surface area (Å²) in [5.74, 6) is 1.97. The van der Waals surface area contributed by atoms with Gasteiger partial charge in [-0.05, 0) is 30.3 Å². The van der Waals surface area contributed by atoms with E-state index in [1.165, 1.54) is 91.9 Å². The van der Waals surface area contributed by atoms with Crippen LogP contribution in [0, 0.1) is 0 Å². The Morgan fingerprint density at radius 3 is 1.51 bits per heavy atom. The number of para-hydroxylation sites is 1. The Bertz CT molecular complexity index is 3810. The minimum Gasteiger partial charge on any atom is -0.308 e. The fourth-order valence-corrected chi connectivity index (χ4v) is 11.6. The minimum absolute atomic E-state index is 0.656. The van der Waals surface area contributed by atoms with E-state index in [1.807, 2.05) is 47.7 Å². The summed E-state index contributed by atoms with van der Waals surface area (Å²) in [7, 11) is 13.7. The average Bonchev–Trinajstić information content (AvgIpc) is 3.97. The Balaban J connectivity index is 1.23. The second-order valence-electron chi connectivity index (χ2n) is 17.1. The van der Waals surface area contributed by atoms with Gasteiger partial charge in [-0.15, -0.1) is 11.3 Å². The zero-order valence-corrected chi connectivity index (χ0v) is 36.9. The first-order valence-corrected chi connectivity index (χ1v) is 22.4. The molecule has 0 fully saturated rings. The number of hydrogen-bond donors (Lipinski definition) is 0. The molecular formula is C51H37B6N5S. The Morgan fingerprint density at radius 2 is 0.921 bits per heavy atom. The van der Waals surface area contributed by atoms with E-state index >= 15 is 0 Å². The maximum Gasteiger partial charge on any atom is 0.165 e. The van der Waals surface area contributed by atoms with Crippen molar-refractivity contribution in [2.75, 3.05) is 0 Å². The Morgan fingerprint density at radius 1 is 0.413 bits per heavy atom. The van der Waals surface area contributed by atoms with Gasteiger partial charge in [-0.2, -0.15) is 0 Å². The van der Waals surface area contributed by atoms with Gasteiger partial charge < -0.3 is 9.13 Å². The minimum atomic E-state index is 0.656. The summed E-state index contributed by atoms with van der Waals surface area (Å²) in [6.45, 7) is 0. The van der Waals surface area contributed by atoms with Crippen LogP contribution in [-0.4, -0.2) is 71.2 Å². The standard InChI is InChI=1S/C51H37B6N5S/c52-28-22-33-40-42(56)43(57)41-34-23-29(53)25-36(55)45(34)62(47(41)46(40)61(44(33)35(54)24-28)30-16-8-3-9-17-30)37-20-11-21-38-39(37)31-18-10-19-32(48(31)63-38)51-59-49(26-12-4-1-5-13-26)58-50(60-51)27-14-6-2-7-15-27/h1-25H,52-57H2. The third-order valence-electron chi connectivity index (χ3n) is 13.0. The monoisotopic (exact) mass is 817 g/mol. The molecule has 290 valence electrons. The van der Waals surface area contributed by atoms with Gasteiger partial charge in [0.25, 0.3) is 0 Å². The van der Waals surface area contributed by atoms with E-state index in [0.29, 0.717) is 17.5 Å². The summed E-state index contributed by atoms with van der Waals surface area (Å²) < 4.78 is 7.52. The molecule has 5 nitrogen and oxygen atoms in total. The zero-order chi connectivity index (χ0) is 42.7. The van der Waals surface area contributed by atoms with Crippen molar-refractivity contribution < 1.29 is 0 Å². The van der Waals surface area contributed by atoms with Gasteiger partial charge in [0.15, 0.2) is 17.5 Å². The predicted molar refractivity (Wildman–Crippen MR) is 287 cm³/mol. The highest BCUT2D eigenvalue weighted by molar-refractivity contribution is 7.26. The fourth-order valence-electron chi connectivity index (χ4n) is 10.4. The second kappa shape index (κ2) is 14.3. The summed E-state index contributed by atoms with van der Waals surface area (Å²) in [4.78, 5) is 15.4. The molecule has 12 rings (SSSR count). The van der Waals surface area contributed by atoms with Gasteiger partial charge in [-0.1, -0.05) is 154 Å². The van der Waals surface area contributed by atoms with E-state index < -0.39 is 0 Å². The molecule has 0 aliphatic heterocycles. The van der Waals surface area contributed by atoms with Crippen molar-refractivity contribution in [1.82, 2.24) is 24.1 Å². The van der Waals surface area contributed by atoms with Crippen molar-refractivity contribution in [3.63, 3.8) is 0 Å². The maximum absolute atomic E-state index is 5.19. The third-order valence-corrected chi connectivity index (χ3v) is 14.2. The van der Waals surface area contributed by atoms with E-state index in [0.717, 1.165) is 32.8 Å². The lowest BCUT2D eigenvalue weighted by atomic mass is 9.74. The van der Waals surface area contributed by atoms with E-state index in [2.05, 4.69) is 171 Å². The molecule has 0 N–H and O–H groups in total. The molecule has 0 aliphatic carbocycles. The van der Waals surface area contributed by atoms with Gasteiger partial charge in [0.05, 0.1) is 16.7 Å². The Labute approximate surface area is 374 Å². The molecule has 12 heteroatoms. The van der Waals surface area contributed by atoms with Crippen LogP contribution >= 0.6 is 11.3 Å². The fraction of sp³-hybridized carbons (Fsp3) is 0. The molecule has 63 heavy (non-hydrogen) atoms. The highest BCUT2D eigenvalue weighted by atomic mass is 32.1. The van der Waals surface area contributed by atoms with E-state index in [4.69, 9.17) is 15.0 Å². The lowest BCUT2D eigenvalue weighted by molar-refractivity contribution is 1.08. The van der Waals surface area contributed by atoms with E-state index in [1.54, 1.807) is 0 Å². The molecular weight excluding hydrogens is 780 g/mol. The molecule has 0 radical (unpaired) electrons. The zero-order valence-electron chi connectivity index (χ0n) is 36.1. The van der Waals surface area contributed by atoms with Crippen molar-refractivity contribution in [2.24, 2.45) is 0 Å². The van der Waals surface area contributed by atoms with Crippen LogP contribution in [0.3, 0.4) is 0 Å². The van der Waals surface area contributed by atoms with Crippen LogP contribution in [0.5, 0.6) is 0 Å². The second-order valence-corrected chi connectivity index (χ2v) is 18.2. The smallest absolute Gasteiger partial charge is 0.165 e.